The van der Waals surface area contributed by atoms with Crippen LogP contribution in [-0.2, 0) is 11.3 Å². The predicted octanol–water partition coefficient (Wildman–Crippen LogP) is 3.22. The van der Waals surface area contributed by atoms with Crippen molar-refractivity contribution >= 4 is 5.91 Å². The van der Waals surface area contributed by atoms with E-state index in [-0.39, 0.29) is 18.2 Å². The fourth-order valence-electron chi connectivity index (χ4n) is 4.39. The zero-order valence-corrected chi connectivity index (χ0v) is 16.8. The molecule has 0 bridgehead atoms. The Morgan fingerprint density at radius 2 is 1.97 bits per heavy atom. The van der Waals surface area contributed by atoms with E-state index in [0.717, 1.165) is 57.6 Å². The largest absolute Gasteiger partial charge is 0.389 e. The highest BCUT2D eigenvalue weighted by Gasteiger charge is 2.32. The van der Waals surface area contributed by atoms with E-state index in [1.807, 2.05) is 18.2 Å². The second-order valence-electron chi connectivity index (χ2n) is 8.16. The summed E-state index contributed by atoms with van der Waals surface area (Å²) >= 11 is 0. The number of nitrogens with zero attached hydrogens (tertiary/aromatic N) is 3. The van der Waals surface area contributed by atoms with Gasteiger partial charge in [-0.25, -0.2) is 0 Å². The zero-order valence-electron chi connectivity index (χ0n) is 16.8. The van der Waals surface area contributed by atoms with Crippen LogP contribution in [-0.4, -0.2) is 65.6 Å². The van der Waals surface area contributed by atoms with Gasteiger partial charge in [0, 0.05) is 25.2 Å². The van der Waals surface area contributed by atoms with Crippen LogP contribution in [0.15, 0.2) is 24.4 Å². The lowest BCUT2D eigenvalue weighted by atomic mass is 9.93. The summed E-state index contributed by atoms with van der Waals surface area (Å²) in [6.07, 6.45) is 0.985. The van der Waals surface area contributed by atoms with Gasteiger partial charge in [0.15, 0.2) is 0 Å². The van der Waals surface area contributed by atoms with Gasteiger partial charge in [-0.15, -0.1) is 0 Å². The number of likely N-dealkylation sites (tertiary alicyclic amines) is 2. The Kier molecular flexibility index (Phi) is 7.89. The van der Waals surface area contributed by atoms with E-state index in [1.165, 1.54) is 0 Å². The van der Waals surface area contributed by atoms with Crippen LogP contribution in [0.1, 0.15) is 44.2 Å². The number of carbonyl (C=O) groups excluding carboxylic acids is 1. The Labute approximate surface area is 170 Å². The van der Waals surface area contributed by atoms with Gasteiger partial charge in [0.05, 0.1) is 18.2 Å². The van der Waals surface area contributed by atoms with Crippen molar-refractivity contribution in [3.05, 3.63) is 30.1 Å². The van der Waals surface area contributed by atoms with Gasteiger partial charge in [-0.3, -0.25) is 14.7 Å². The Morgan fingerprint density at radius 3 is 2.66 bits per heavy atom. The molecule has 1 aromatic heterocycles. The van der Waals surface area contributed by atoms with Crippen molar-refractivity contribution in [1.82, 2.24) is 20.1 Å². The summed E-state index contributed by atoms with van der Waals surface area (Å²) in [6, 6.07) is 6.09. The average Bonchev–Trinajstić information content (AvgIpc) is 2.72. The van der Waals surface area contributed by atoms with Crippen molar-refractivity contribution in [2.45, 2.75) is 57.3 Å². The molecule has 162 valence electrons. The van der Waals surface area contributed by atoms with E-state index in [1.54, 1.807) is 6.20 Å². The molecule has 1 amide bonds. The lowest BCUT2D eigenvalue weighted by molar-refractivity contribution is -0.136. The third-order valence-corrected chi connectivity index (χ3v) is 6.00. The Balaban J connectivity index is 1.39. The lowest BCUT2D eigenvalue weighted by Gasteiger charge is -2.42. The predicted molar refractivity (Wildman–Crippen MR) is 105 cm³/mol. The molecule has 29 heavy (non-hydrogen) atoms. The van der Waals surface area contributed by atoms with Crippen LogP contribution in [0.25, 0.3) is 0 Å². The van der Waals surface area contributed by atoms with Crippen molar-refractivity contribution in [3.8, 4) is 0 Å². The summed E-state index contributed by atoms with van der Waals surface area (Å²) in [7, 11) is 0. The summed E-state index contributed by atoms with van der Waals surface area (Å²) in [5, 5.41) is 3.01. The summed E-state index contributed by atoms with van der Waals surface area (Å²) in [6.45, 7) is 4.43. The fourth-order valence-corrected chi connectivity index (χ4v) is 4.39. The van der Waals surface area contributed by atoms with Crippen molar-refractivity contribution < 1.29 is 18.0 Å². The number of halogens is 3. The molecule has 8 heteroatoms. The first-order valence-electron chi connectivity index (χ1n) is 10.6. The summed E-state index contributed by atoms with van der Waals surface area (Å²) in [5.41, 5.74) is 0.853. The summed E-state index contributed by atoms with van der Waals surface area (Å²) in [5.74, 6) is 0.0854. The zero-order chi connectivity index (χ0) is 20.7. The number of amides is 1. The van der Waals surface area contributed by atoms with Crippen LogP contribution in [0.5, 0.6) is 0 Å². The first-order valence-corrected chi connectivity index (χ1v) is 10.6. The molecule has 2 fully saturated rings. The van der Waals surface area contributed by atoms with E-state index in [9.17, 15) is 18.0 Å². The Morgan fingerprint density at radius 1 is 1.17 bits per heavy atom. The molecule has 0 radical (unpaired) electrons. The van der Waals surface area contributed by atoms with Crippen LogP contribution in [0.2, 0.25) is 0 Å². The Bertz CT molecular complexity index is 633. The number of hydrogen-bond acceptors (Lipinski definition) is 4. The van der Waals surface area contributed by atoms with Crippen molar-refractivity contribution in [2.24, 2.45) is 5.92 Å². The molecule has 0 aliphatic carbocycles. The number of hydrogen-bond donors (Lipinski definition) is 1. The van der Waals surface area contributed by atoms with Gasteiger partial charge in [-0.2, -0.15) is 13.2 Å². The molecular formula is C21H31F3N4O. The molecule has 3 rings (SSSR count). The molecule has 5 nitrogen and oxygen atoms in total. The van der Waals surface area contributed by atoms with E-state index in [2.05, 4.69) is 20.1 Å². The molecule has 1 aromatic rings. The topological polar surface area (TPSA) is 48.5 Å². The molecule has 3 heterocycles. The van der Waals surface area contributed by atoms with Crippen LogP contribution >= 0.6 is 0 Å². The van der Waals surface area contributed by atoms with Crippen LogP contribution in [0, 0.1) is 5.92 Å². The minimum Gasteiger partial charge on any atom is -0.350 e. The second kappa shape index (κ2) is 10.4. The van der Waals surface area contributed by atoms with Crippen LogP contribution in [0.4, 0.5) is 13.2 Å². The van der Waals surface area contributed by atoms with Gasteiger partial charge in [0.1, 0.15) is 0 Å². The first-order chi connectivity index (χ1) is 13.9. The third-order valence-electron chi connectivity index (χ3n) is 6.00. The number of rotatable bonds is 7. The minimum atomic E-state index is -4.06. The molecule has 1 N–H and O–H groups in total. The molecular weight excluding hydrogens is 381 g/mol. The van der Waals surface area contributed by atoms with Gasteiger partial charge in [0.2, 0.25) is 5.91 Å². The number of carbonyl (C=O) groups is 1. The smallest absolute Gasteiger partial charge is 0.350 e. The SMILES string of the molecule is O=C(NCc1ccccn1)[C@@H]1CCCN(C2CCN(CCCC(F)(F)F)CC2)C1. The maximum absolute atomic E-state index is 12.6. The van der Waals surface area contributed by atoms with E-state index in [4.69, 9.17) is 0 Å². The van der Waals surface area contributed by atoms with Crippen molar-refractivity contribution in [2.75, 3.05) is 32.7 Å². The molecule has 0 saturated carbocycles. The average molecular weight is 413 g/mol. The Hall–Kier alpha value is -1.67. The quantitative estimate of drug-likeness (QED) is 0.747. The van der Waals surface area contributed by atoms with Gasteiger partial charge in [-0.05, 0) is 70.4 Å². The van der Waals surface area contributed by atoms with Crippen LogP contribution < -0.4 is 5.32 Å². The van der Waals surface area contributed by atoms with E-state index in [0.29, 0.717) is 19.1 Å². The number of piperidine rings is 2. The number of nitrogens with one attached hydrogen (secondary N) is 1. The first kappa shape index (κ1) is 22.0. The van der Waals surface area contributed by atoms with Gasteiger partial charge in [0.25, 0.3) is 0 Å². The molecule has 2 aliphatic rings. The fraction of sp³-hybridized carbons (Fsp3) is 0.714. The highest BCUT2D eigenvalue weighted by Crippen LogP contribution is 2.25. The second-order valence-corrected chi connectivity index (χ2v) is 8.16. The molecule has 1 atom stereocenters. The molecule has 0 aromatic carbocycles. The third kappa shape index (κ3) is 7.26. The van der Waals surface area contributed by atoms with E-state index < -0.39 is 12.6 Å². The standard InChI is InChI=1S/C21H31F3N4O/c22-21(23,24)9-4-11-27-13-7-19(8-14-27)28-12-3-5-17(16-28)20(29)26-15-18-6-1-2-10-25-18/h1-2,6,10,17,19H,3-5,7-9,11-16H2,(H,26,29)/t17-/m1/s1. The van der Waals surface area contributed by atoms with E-state index >= 15 is 0 Å². The number of pyridine rings is 1. The highest BCUT2D eigenvalue weighted by molar-refractivity contribution is 5.78. The monoisotopic (exact) mass is 412 g/mol. The summed E-state index contributed by atoms with van der Waals surface area (Å²) in [4.78, 5) is 21.4. The van der Waals surface area contributed by atoms with Crippen LogP contribution in [0.3, 0.4) is 0 Å². The molecule has 2 saturated heterocycles. The molecule has 0 unspecified atom stereocenters. The number of aromatic nitrogens is 1. The minimum absolute atomic E-state index is 0.00252. The maximum Gasteiger partial charge on any atom is 0.389 e. The van der Waals surface area contributed by atoms with Gasteiger partial charge >= 0.3 is 6.18 Å². The van der Waals surface area contributed by atoms with Crippen molar-refractivity contribution in [1.29, 1.82) is 0 Å². The molecule has 0 spiro atoms. The maximum atomic E-state index is 12.6. The number of alkyl halides is 3. The van der Waals surface area contributed by atoms with Gasteiger partial charge < -0.3 is 10.2 Å². The lowest BCUT2D eigenvalue weighted by Crippen LogP contribution is -2.50. The highest BCUT2D eigenvalue weighted by atomic mass is 19.4. The summed E-state index contributed by atoms with van der Waals surface area (Å²) < 4.78 is 36.9. The van der Waals surface area contributed by atoms with Crippen molar-refractivity contribution in [3.63, 3.8) is 0 Å². The normalized spacial score (nSPS) is 22.5. The molecule has 2 aliphatic heterocycles. The van der Waals surface area contributed by atoms with Gasteiger partial charge in [-0.1, -0.05) is 6.07 Å².